The Balaban J connectivity index is 2.37. The third kappa shape index (κ3) is 4.32. The maximum absolute atomic E-state index is 12.6. The summed E-state index contributed by atoms with van der Waals surface area (Å²) in [5.41, 5.74) is 2.49. The number of rotatable bonds is 6. The minimum absolute atomic E-state index is 0.0304. The van der Waals surface area contributed by atoms with Gasteiger partial charge in [-0.25, -0.2) is 9.79 Å². The van der Waals surface area contributed by atoms with E-state index in [2.05, 4.69) is 20.8 Å². The van der Waals surface area contributed by atoms with Gasteiger partial charge >= 0.3 is 5.97 Å². The molecule has 0 saturated heterocycles. The Morgan fingerprint density at radius 3 is 2.59 bits per heavy atom. The van der Waals surface area contributed by atoms with E-state index < -0.39 is 17.4 Å². The highest BCUT2D eigenvalue weighted by molar-refractivity contribution is 6.18. The van der Waals surface area contributed by atoms with Crippen molar-refractivity contribution in [1.82, 2.24) is 15.8 Å². The summed E-state index contributed by atoms with van der Waals surface area (Å²) < 4.78 is 0. The van der Waals surface area contributed by atoms with Gasteiger partial charge in [-0.05, 0) is 37.3 Å². The van der Waals surface area contributed by atoms with Crippen molar-refractivity contribution < 1.29 is 19.2 Å². The molecule has 2 amide bonds. The standard InChI is InChI=1S/C19H26N4O4/c1-6-8-14(24)27-23-17(25)13-9-12(7-2)10-20-15(13)16-21-18(26)19(5,22-16)11(3)4/h9-11H,6-8H2,1-5H3,(H,23,25)(H,21,22,26). The van der Waals surface area contributed by atoms with Gasteiger partial charge in [0.25, 0.3) is 11.8 Å². The molecule has 8 nitrogen and oxygen atoms in total. The zero-order valence-corrected chi connectivity index (χ0v) is 16.4. The lowest BCUT2D eigenvalue weighted by atomic mass is 9.89. The summed E-state index contributed by atoms with van der Waals surface area (Å²) in [5.74, 6) is -1.17. The van der Waals surface area contributed by atoms with Crippen molar-refractivity contribution in [1.29, 1.82) is 0 Å². The molecule has 0 saturated carbocycles. The van der Waals surface area contributed by atoms with Crippen LogP contribution in [0.1, 0.15) is 69.1 Å². The molecule has 1 aromatic rings. The Morgan fingerprint density at radius 1 is 1.33 bits per heavy atom. The van der Waals surface area contributed by atoms with Crippen LogP contribution in [0.4, 0.5) is 0 Å². The summed E-state index contributed by atoms with van der Waals surface area (Å²) in [6, 6.07) is 1.66. The number of nitrogens with one attached hydrogen (secondary N) is 2. The second-order valence-corrected chi connectivity index (χ2v) is 6.97. The van der Waals surface area contributed by atoms with Crippen molar-refractivity contribution in [3.8, 4) is 0 Å². The summed E-state index contributed by atoms with van der Waals surface area (Å²) >= 11 is 0. The number of nitrogens with zero attached hydrogens (tertiary/aromatic N) is 2. The van der Waals surface area contributed by atoms with Crippen molar-refractivity contribution in [3.63, 3.8) is 0 Å². The van der Waals surface area contributed by atoms with Crippen molar-refractivity contribution >= 4 is 23.6 Å². The van der Waals surface area contributed by atoms with Gasteiger partial charge in [-0.15, -0.1) is 0 Å². The number of pyridine rings is 1. The second-order valence-electron chi connectivity index (χ2n) is 6.97. The van der Waals surface area contributed by atoms with Crippen LogP contribution in [0.3, 0.4) is 0 Å². The first-order valence-electron chi connectivity index (χ1n) is 9.13. The number of amides is 2. The van der Waals surface area contributed by atoms with Gasteiger partial charge in [0.15, 0.2) is 5.84 Å². The summed E-state index contributed by atoms with van der Waals surface area (Å²) in [6.07, 6.45) is 3.12. The van der Waals surface area contributed by atoms with Crippen LogP contribution < -0.4 is 10.8 Å². The molecular weight excluding hydrogens is 348 g/mol. The molecule has 2 heterocycles. The molecule has 2 N–H and O–H groups in total. The van der Waals surface area contributed by atoms with Crippen LogP contribution in [0.15, 0.2) is 17.3 Å². The molecule has 0 aromatic carbocycles. The molecular formula is C19H26N4O4. The van der Waals surface area contributed by atoms with E-state index in [1.165, 1.54) is 0 Å². The van der Waals surface area contributed by atoms with Crippen molar-refractivity contribution in [2.24, 2.45) is 10.9 Å². The number of carbonyl (C=O) groups excluding carboxylic acids is 3. The summed E-state index contributed by atoms with van der Waals surface area (Å²) in [5, 5.41) is 2.72. The quantitative estimate of drug-likeness (QED) is 0.739. The van der Waals surface area contributed by atoms with E-state index in [-0.39, 0.29) is 35.3 Å². The monoisotopic (exact) mass is 374 g/mol. The SMILES string of the molecule is CCCC(=O)ONC(=O)c1cc(CC)cnc1C1=NC(C)(C(C)C)C(=O)N1. The van der Waals surface area contributed by atoms with E-state index in [0.717, 1.165) is 5.56 Å². The van der Waals surface area contributed by atoms with Gasteiger partial charge < -0.3 is 10.2 Å². The van der Waals surface area contributed by atoms with E-state index in [1.54, 1.807) is 19.2 Å². The normalized spacial score (nSPS) is 18.9. The van der Waals surface area contributed by atoms with E-state index in [1.807, 2.05) is 27.7 Å². The number of hydrogen-bond donors (Lipinski definition) is 2. The van der Waals surface area contributed by atoms with Crippen molar-refractivity contribution in [2.75, 3.05) is 0 Å². The number of aromatic nitrogens is 1. The number of hydroxylamine groups is 1. The lowest BCUT2D eigenvalue weighted by Crippen LogP contribution is -2.41. The van der Waals surface area contributed by atoms with Gasteiger partial charge in [-0.3, -0.25) is 14.6 Å². The first-order valence-corrected chi connectivity index (χ1v) is 9.13. The number of aryl methyl sites for hydroxylation is 1. The summed E-state index contributed by atoms with van der Waals surface area (Å²) in [6.45, 7) is 9.32. The fourth-order valence-electron chi connectivity index (χ4n) is 2.53. The molecule has 2 rings (SSSR count). The Hall–Kier alpha value is -2.77. The van der Waals surface area contributed by atoms with Gasteiger partial charge in [-0.2, -0.15) is 5.48 Å². The highest BCUT2D eigenvalue weighted by Crippen LogP contribution is 2.27. The summed E-state index contributed by atoms with van der Waals surface area (Å²) in [7, 11) is 0. The second kappa shape index (κ2) is 8.28. The molecule has 0 radical (unpaired) electrons. The fourth-order valence-corrected chi connectivity index (χ4v) is 2.53. The molecule has 1 aliphatic heterocycles. The van der Waals surface area contributed by atoms with Crippen LogP contribution in [-0.2, 0) is 20.8 Å². The van der Waals surface area contributed by atoms with E-state index >= 15 is 0 Å². The zero-order chi connectivity index (χ0) is 20.2. The first-order chi connectivity index (χ1) is 12.7. The largest absolute Gasteiger partial charge is 0.341 e. The van der Waals surface area contributed by atoms with Gasteiger partial charge in [-0.1, -0.05) is 27.7 Å². The molecule has 0 fully saturated rings. The number of carbonyl (C=O) groups is 3. The van der Waals surface area contributed by atoms with Crippen LogP contribution in [0, 0.1) is 5.92 Å². The predicted molar refractivity (Wildman–Crippen MR) is 100 cm³/mol. The zero-order valence-electron chi connectivity index (χ0n) is 16.4. The molecule has 146 valence electrons. The average molecular weight is 374 g/mol. The molecule has 1 aromatic heterocycles. The van der Waals surface area contributed by atoms with Crippen molar-refractivity contribution in [3.05, 3.63) is 29.1 Å². The van der Waals surface area contributed by atoms with Gasteiger partial charge in [0.2, 0.25) is 0 Å². The molecule has 0 bridgehead atoms. The van der Waals surface area contributed by atoms with Crippen LogP contribution in [-0.4, -0.2) is 34.1 Å². The maximum atomic E-state index is 12.6. The average Bonchev–Trinajstić information content (AvgIpc) is 2.95. The molecule has 0 spiro atoms. The molecule has 8 heteroatoms. The predicted octanol–water partition coefficient (Wildman–Crippen LogP) is 1.92. The first kappa shape index (κ1) is 20.5. The van der Waals surface area contributed by atoms with Crippen LogP contribution in [0.2, 0.25) is 0 Å². The third-order valence-corrected chi connectivity index (χ3v) is 4.69. The van der Waals surface area contributed by atoms with Crippen LogP contribution in [0.5, 0.6) is 0 Å². The fraction of sp³-hybridized carbons (Fsp3) is 0.526. The van der Waals surface area contributed by atoms with E-state index in [9.17, 15) is 14.4 Å². The maximum Gasteiger partial charge on any atom is 0.332 e. The van der Waals surface area contributed by atoms with Crippen molar-refractivity contribution in [2.45, 2.75) is 59.4 Å². The Bertz CT molecular complexity index is 788. The number of hydrogen-bond acceptors (Lipinski definition) is 6. The molecule has 1 aliphatic rings. The van der Waals surface area contributed by atoms with Crippen LogP contribution >= 0.6 is 0 Å². The Labute approximate surface area is 158 Å². The smallest absolute Gasteiger partial charge is 0.332 e. The minimum atomic E-state index is -0.929. The Morgan fingerprint density at radius 2 is 2.04 bits per heavy atom. The third-order valence-electron chi connectivity index (χ3n) is 4.69. The van der Waals surface area contributed by atoms with Crippen LogP contribution in [0.25, 0.3) is 0 Å². The Kier molecular flexibility index (Phi) is 6.30. The lowest BCUT2D eigenvalue weighted by Gasteiger charge is -2.21. The molecule has 27 heavy (non-hydrogen) atoms. The topological polar surface area (TPSA) is 110 Å². The molecule has 1 atom stereocenters. The van der Waals surface area contributed by atoms with Gasteiger partial charge in [0, 0.05) is 12.6 Å². The highest BCUT2D eigenvalue weighted by atomic mass is 16.7. The van der Waals surface area contributed by atoms with E-state index in [0.29, 0.717) is 12.8 Å². The highest BCUT2D eigenvalue weighted by Gasteiger charge is 2.43. The molecule has 1 unspecified atom stereocenters. The number of aliphatic imine (C=N–C) groups is 1. The summed E-state index contributed by atoms with van der Waals surface area (Å²) in [4.78, 5) is 50.1. The number of amidine groups is 1. The molecule has 0 aliphatic carbocycles. The minimum Gasteiger partial charge on any atom is -0.341 e. The van der Waals surface area contributed by atoms with Gasteiger partial charge in [0.05, 0.1) is 5.56 Å². The van der Waals surface area contributed by atoms with Gasteiger partial charge in [0.1, 0.15) is 11.2 Å². The van der Waals surface area contributed by atoms with E-state index in [4.69, 9.17) is 4.84 Å². The lowest BCUT2D eigenvalue weighted by molar-refractivity contribution is -0.149.